The van der Waals surface area contributed by atoms with Crippen molar-refractivity contribution in [2.24, 2.45) is 0 Å². The number of hydrogen-bond donors (Lipinski definition) is 3. The molecule has 0 aliphatic carbocycles. The van der Waals surface area contributed by atoms with E-state index in [-0.39, 0.29) is 11.5 Å². The van der Waals surface area contributed by atoms with Crippen LogP contribution in [0.1, 0.15) is 18.4 Å². The largest absolute Gasteiger partial charge is 0.338 e. The normalized spacial score (nSPS) is 15.8. The molecule has 3 rings (SSSR count). The lowest BCUT2D eigenvalue weighted by atomic mass is 9.87. The molecular formula is C21H20F3N3O2. The van der Waals surface area contributed by atoms with Crippen LogP contribution < -0.4 is 16.0 Å². The number of piperidine rings is 1. The molecule has 0 unspecified atom stereocenters. The number of halogens is 3. The van der Waals surface area contributed by atoms with Gasteiger partial charge in [0.1, 0.15) is 23.0 Å². The molecule has 152 valence electrons. The van der Waals surface area contributed by atoms with Crippen LogP contribution in [-0.2, 0) is 9.59 Å². The average Bonchev–Trinajstić information content (AvgIpc) is 2.67. The molecule has 0 saturated carbocycles. The third-order valence-electron chi connectivity index (χ3n) is 4.67. The van der Waals surface area contributed by atoms with Crippen LogP contribution in [0.4, 0.5) is 18.9 Å². The fraction of sp³-hybridized carbons (Fsp3) is 0.238. The first-order valence-corrected chi connectivity index (χ1v) is 9.10. The van der Waals surface area contributed by atoms with Gasteiger partial charge in [0, 0.05) is 17.8 Å². The molecule has 0 spiro atoms. The second kappa shape index (κ2) is 8.91. The van der Waals surface area contributed by atoms with Crippen LogP contribution >= 0.6 is 0 Å². The van der Waals surface area contributed by atoms with Gasteiger partial charge in [0.05, 0.1) is 0 Å². The topological polar surface area (TPSA) is 70.2 Å². The predicted octanol–water partition coefficient (Wildman–Crippen LogP) is 2.99. The van der Waals surface area contributed by atoms with E-state index in [0.29, 0.717) is 37.6 Å². The molecule has 8 heteroatoms. The highest BCUT2D eigenvalue weighted by Gasteiger charge is 2.40. The third-order valence-corrected chi connectivity index (χ3v) is 4.67. The van der Waals surface area contributed by atoms with Gasteiger partial charge in [0.2, 0.25) is 11.8 Å². The number of rotatable bonds is 5. The van der Waals surface area contributed by atoms with Crippen LogP contribution in [-0.4, -0.2) is 30.4 Å². The molecule has 3 N–H and O–H groups in total. The number of nitrogens with one attached hydrogen (secondary N) is 3. The van der Waals surface area contributed by atoms with Gasteiger partial charge in [-0.25, -0.2) is 13.2 Å². The molecule has 1 heterocycles. The Hall–Kier alpha value is -3.13. The van der Waals surface area contributed by atoms with Crippen molar-refractivity contribution in [1.82, 2.24) is 10.6 Å². The average molecular weight is 403 g/mol. The number of carbonyl (C=O) groups excluding carboxylic acids is 2. The zero-order valence-corrected chi connectivity index (χ0v) is 15.5. The maximum absolute atomic E-state index is 13.4. The van der Waals surface area contributed by atoms with E-state index >= 15 is 0 Å². The molecule has 2 amide bonds. The summed E-state index contributed by atoms with van der Waals surface area (Å²) in [5.41, 5.74) is -0.625. The van der Waals surface area contributed by atoms with Crippen LogP contribution in [0.25, 0.3) is 6.08 Å². The Kier molecular flexibility index (Phi) is 6.33. The number of carbonyl (C=O) groups is 2. The van der Waals surface area contributed by atoms with Gasteiger partial charge >= 0.3 is 0 Å². The number of benzene rings is 2. The van der Waals surface area contributed by atoms with Gasteiger partial charge in [-0.15, -0.1) is 0 Å². The Labute approximate surface area is 166 Å². The Morgan fingerprint density at radius 2 is 1.55 bits per heavy atom. The van der Waals surface area contributed by atoms with Crippen LogP contribution in [0.15, 0.2) is 48.5 Å². The van der Waals surface area contributed by atoms with E-state index in [1.807, 2.05) is 0 Å². The van der Waals surface area contributed by atoms with Crippen LogP contribution in [0.3, 0.4) is 0 Å². The van der Waals surface area contributed by atoms with Crippen molar-refractivity contribution in [2.45, 2.75) is 18.4 Å². The second-order valence-corrected chi connectivity index (χ2v) is 6.82. The van der Waals surface area contributed by atoms with Crippen molar-refractivity contribution in [3.8, 4) is 0 Å². The molecule has 2 aromatic carbocycles. The van der Waals surface area contributed by atoms with Gasteiger partial charge in [0.25, 0.3) is 0 Å². The highest BCUT2D eigenvalue weighted by Crippen LogP contribution is 2.22. The van der Waals surface area contributed by atoms with Crippen LogP contribution in [0.2, 0.25) is 0 Å². The zero-order chi connectivity index (χ0) is 20.9. The van der Waals surface area contributed by atoms with E-state index in [1.54, 1.807) is 0 Å². The summed E-state index contributed by atoms with van der Waals surface area (Å²) < 4.78 is 39.8. The molecule has 1 aliphatic heterocycles. The van der Waals surface area contributed by atoms with Crippen molar-refractivity contribution >= 4 is 23.6 Å². The SMILES string of the molecule is O=C(C=Cc1ccc(F)cc1)NC1(C(=O)Nc2cc(F)cc(F)c2)CCNCC1. The number of hydrogen-bond acceptors (Lipinski definition) is 3. The summed E-state index contributed by atoms with van der Waals surface area (Å²) in [5.74, 6) is -3.06. The van der Waals surface area contributed by atoms with Crippen LogP contribution in [0, 0.1) is 17.5 Å². The first-order valence-electron chi connectivity index (χ1n) is 9.10. The Morgan fingerprint density at radius 3 is 2.17 bits per heavy atom. The summed E-state index contributed by atoms with van der Waals surface area (Å²) >= 11 is 0. The molecule has 0 atom stereocenters. The molecule has 29 heavy (non-hydrogen) atoms. The van der Waals surface area contributed by atoms with E-state index in [4.69, 9.17) is 0 Å². The van der Waals surface area contributed by atoms with Gasteiger partial charge in [0.15, 0.2) is 0 Å². The lowest BCUT2D eigenvalue weighted by Crippen LogP contribution is -2.61. The van der Waals surface area contributed by atoms with Crippen molar-refractivity contribution in [2.75, 3.05) is 18.4 Å². The van der Waals surface area contributed by atoms with E-state index in [0.717, 1.165) is 12.1 Å². The van der Waals surface area contributed by atoms with Gasteiger partial charge < -0.3 is 16.0 Å². The van der Waals surface area contributed by atoms with Gasteiger partial charge in [-0.3, -0.25) is 9.59 Å². The summed E-state index contributed by atoms with van der Waals surface area (Å²) in [5, 5.41) is 8.32. The fourth-order valence-electron chi connectivity index (χ4n) is 3.16. The predicted molar refractivity (Wildman–Crippen MR) is 103 cm³/mol. The minimum atomic E-state index is -1.22. The smallest absolute Gasteiger partial charge is 0.250 e. The zero-order valence-electron chi connectivity index (χ0n) is 15.5. The standard InChI is InChI=1S/C21H20F3N3O2/c22-15-4-1-14(2-5-15)3-6-19(28)27-21(7-9-25-10-8-21)20(29)26-18-12-16(23)11-17(24)13-18/h1-6,11-13,25H,7-10H2,(H,26,29)(H,27,28). The molecular weight excluding hydrogens is 383 g/mol. The van der Waals surface area contributed by atoms with Crippen molar-refractivity contribution in [3.05, 3.63) is 71.6 Å². The number of amides is 2. The lowest BCUT2D eigenvalue weighted by molar-refractivity contribution is -0.129. The highest BCUT2D eigenvalue weighted by atomic mass is 19.1. The fourth-order valence-corrected chi connectivity index (χ4v) is 3.16. The molecule has 1 aliphatic rings. The van der Waals surface area contributed by atoms with Crippen molar-refractivity contribution in [3.63, 3.8) is 0 Å². The molecule has 0 radical (unpaired) electrons. The monoisotopic (exact) mass is 403 g/mol. The highest BCUT2D eigenvalue weighted by molar-refractivity contribution is 6.03. The molecule has 1 fully saturated rings. The maximum Gasteiger partial charge on any atom is 0.250 e. The van der Waals surface area contributed by atoms with E-state index < -0.39 is 29.0 Å². The summed E-state index contributed by atoms with van der Waals surface area (Å²) in [7, 11) is 0. The third kappa shape index (κ3) is 5.45. The summed E-state index contributed by atoms with van der Waals surface area (Å²) in [6.45, 7) is 0.986. The Balaban J connectivity index is 1.74. The van der Waals surface area contributed by atoms with E-state index in [1.165, 1.54) is 36.4 Å². The molecule has 0 bridgehead atoms. The molecule has 0 aromatic heterocycles. The summed E-state index contributed by atoms with van der Waals surface area (Å²) in [4.78, 5) is 25.3. The van der Waals surface area contributed by atoms with Crippen molar-refractivity contribution in [1.29, 1.82) is 0 Å². The van der Waals surface area contributed by atoms with Gasteiger partial charge in [-0.05, 0) is 61.8 Å². The first-order chi connectivity index (χ1) is 13.9. The van der Waals surface area contributed by atoms with E-state index in [9.17, 15) is 22.8 Å². The number of anilines is 1. The molecule has 5 nitrogen and oxygen atoms in total. The molecule has 1 saturated heterocycles. The van der Waals surface area contributed by atoms with Crippen LogP contribution in [0.5, 0.6) is 0 Å². The minimum absolute atomic E-state index is 0.0264. The second-order valence-electron chi connectivity index (χ2n) is 6.82. The lowest BCUT2D eigenvalue weighted by Gasteiger charge is -2.36. The summed E-state index contributed by atoms with van der Waals surface area (Å²) in [6, 6.07) is 8.31. The Morgan fingerprint density at radius 1 is 0.931 bits per heavy atom. The maximum atomic E-state index is 13.4. The quantitative estimate of drug-likeness (QED) is 0.673. The first kappa shape index (κ1) is 20.6. The minimum Gasteiger partial charge on any atom is -0.338 e. The van der Waals surface area contributed by atoms with E-state index in [2.05, 4.69) is 16.0 Å². The van der Waals surface area contributed by atoms with Crippen molar-refractivity contribution < 1.29 is 22.8 Å². The molecule has 2 aromatic rings. The van der Waals surface area contributed by atoms with Gasteiger partial charge in [-0.2, -0.15) is 0 Å². The Bertz CT molecular complexity index is 903. The summed E-state index contributed by atoms with van der Waals surface area (Å²) in [6.07, 6.45) is 3.38. The van der Waals surface area contributed by atoms with Gasteiger partial charge in [-0.1, -0.05) is 12.1 Å².